The third-order valence-electron chi connectivity index (χ3n) is 2.76. The van der Waals surface area contributed by atoms with Crippen molar-refractivity contribution in [2.75, 3.05) is 19.7 Å². The van der Waals surface area contributed by atoms with Crippen molar-refractivity contribution in [3.8, 4) is 0 Å². The van der Waals surface area contributed by atoms with Gasteiger partial charge in [0.05, 0.1) is 12.2 Å². The van der Waals surface area contributed by atoms with Gasteiger partial charge in [0.1, 0.15) is 0 Å². The molecule has 0 aliphatic rings. The van der Waals surface area contributed by atoms with E-state index in [0.717, 1.165) is 32.0 Å². The van der Waals surface area contributed by atoms with Crippen molar-refractivity contribution in [1.82, 2.24) is 5.32 Å². The summed E-state index contributed by atoms with van der Waals surface area (Å²) in [4.78, 5) is 0. The molecule has 0 rings (SSSR count). The lowest BCUT2D eigenvalue weighted by atomic mass is 10.1. The van der Waals surface area contributed by atoms with E-state index in [-0.39, 0.29) is 5.60 Å². The van der Waals surface area contributed by atoms with Crippen LogP contribution in [0.15, 0.2) is 0 Å². The number of ether oxygens (including phenoxy) is 1. The van der Waals surface area contributed by atoms with Crippen LogP contribution >= 0.6 is 0 Å². The van der Waals surface area contributed by atoms with E-state index in [1.54, 1.807) is 0 Å². The van der Waals surface area contributed by atoms with E-state index in [1.807, 2.05) is 0 Å². The molecule has 2 nitrogen and oxygen atoms in total. The van der Waals surface area contributed by atoms with E-state index in [4.69, 9.17) is 4.74 Å². The molecule has 0 aromatic rings. The molecule has 0 aliphatic heterocycles. The summed E-state index contributed by atoms with van der Waals surface area (Å²) in [6, 6.07) is 0. The minimum absolute atomic E-state index is 0.0413. The van der Waals surface area contributed by atoms with Gasteiger partial charge in [0.15, 0.2) is 0 Å². The molecule has 0 fully saturated rings. The summed E-state index contributed by atoms with van der Waals surface area (Å²) in [6.07, 6.45) is 3.66. The van der Waals surface area contributed by atoms with Crippen LogP contribution in [-0.2, 0) is 4.74 Å². The Hall–Kier alpha value is -0.0800. The maximum Gasteiger partial charge on any atom is 0.0624 e. The third-order valence-corrected chi connectivity index (χ3v) is 2.76. The van der Waals surface area contributed by atoms with E-state index in [0.29, 0.717) is 0 Å². The van der Waals surface area contributed by atoms with Gasteiger partial charge in [-0.25, -0.2) is 0 Å². The summed E-state index contributed by atoms with van der Waals surface area (Å²) < 4.78 is 5.74. The quantitative estimate of drug-likeness (QED) is 0.596. The molecule has 0 saturated heterocycles. The Morgan fingerprint density at radius 1 is 1.20 bits per heavy atom. The first-order valence-corrected chi connectivity index (χ1v) is 6.32. The fourth-order valence-corrected chi connectivity index (χ4v) is 1.26. The summed E-state index contributed by atoms with van der Waals surface area (Å²) in [5, 5.41) is 3.41. The zero-order valence-electron chi connectivity index (χ0n) is 11.2. The van der Waals surface area contributed by atoms with Gasteiger partial charge in [0.25, 0.3) is 0 Å². The zero-order valence-corrected chi connectivity index (χ0v) is 11.2. The van der Waals surface area contributed by atoms with Crippen LogP contribution in [-0.4, -0.2) is 25.3 Å². The Balaban J connectivity index is 3.18. The highest BCUT2D eigenvalue weighted by molar-refractivity contribution is 4.65. The second-order valence-electron chi connectivity index (χ2n) is 5.25. The maximum absolute atomic E-state index is 5.74. The van der Waals surface area contributed by atoms with Crippen LogP contribution in [0.5, 0.6) is 0 Å². The van der Waals surface area contributed by atoms with Gasteiger partial charge < -0.3 is 10.1 Å². The Kier molecular flexibility index (Phi) is 8.07. The van der Waals surface area contributed by atoms with Crippen LogP contribution in [0, 0.1) is 5.92 Å². The molecule has 0 aromatic heterocycles. The average Bonchev–Trinajstić information content (AvgIpc) is 2.16. The van der Waals surface area contributed by atoms with Crippen molar-refractivity contribution in [1.29, 1.82) is 0 Å². The van der Waals surface area contributed by atoms with Crippen LogP contribution in [0.25, 0.3) is 0 Å². The van der Waals surface area contributed by atoms with Gasteiger partial charge in [0, 0.05) is 6.54 Å². The van der Waals surface area contributed by atoms with Gasteiger partial charge in [0.2, 0.25) is 0 Å². The Labute approximate surface area is 95.8 Å². The predicted octanol–water partition coefficient (Wildman–Crippen LogP) is 3.22. The Morgan fingerprint density at radius 2 is 1.87 bits per heavy atom. The van der Waals surface area contributed by atoms with Crippen molar-refractivity contribution >= 4 is 0 Å². The van der Waals surface area contributed by atoms with E-state index in [9.17, 15) is 0 Å². The van der Waals surface area contributed by atoms with Gasteiger partial charge in [-0.1, -0.05) is 20.8 Å². The molecule has 0 heterocycles. The van der Waals surface area contributed by atoms with E-state index in [1.165, 1.54) is 12.8 Å². The first-order chi connectivity index (χ1) is 6.98. The first kappa shape index (κ1) is 14.9. The Morgan fingerprint density at radius 3 is 2.40 bits per heavy atom. The van der Waals surface area contributed by atoms with Crippen molar-refractivity contribution < 1.29 is 4.74 Å². The molecule has 0 spiro atoms. The second kappa shape index (κ2) is 8.12. The molecule has 15 heavy (non-hydrogen) atoms. The normalized spacial score (nSPS) is 12.4. The zero-order chi connectivity index (χ0) is 11.7. The monoisotopic (exact) mass is 215 g/mol. The molecular formula is C13H29NO. The van der Waals surface area contributed by atoms with E-state index >= 15 is 0 Å². The van der Waals surface area contributed by atoms with Crippen LogP contribution in [0.3, 0.4) is 0 Å². The largest absolute Gasteiger partial charge is 0.374 e. The molecule has 0 aromatic carbocycles. The highest BCUT2D eigenvalue weighted by atomic mass is 16.5. The van der Waals surface area contributed by atoms with Gasteiger partial charge in [-0.3, -0.25) is 0 Å². The highest BCUT2D eigenvalue weighted by Crippen LogP contribution is 2.12. The number of nitrogens with one attached hydrogen (secondary N) is 1. The molecule has 0 aliphatic carbocycles. The number of hydrogen-bond acceptors (Lipinski definition) is 2. The molecule has 0 atom stereocenters. The molecule has 0 radical (unpaired) electrons. The smallest absolute Gasteiger partial charge is 0.0624 e. The van der Waals surface area contributed by atoms with Crippen molar-refractivity contribution in [2.45, 2.75) is 59.5 Å². The maximum atomic E-state index is 5.74. The van der Waals surface area contributed by atoms with Crippen LogP contribution in [0.1, 0.15) is 53.9 Å². The average molecular weight is 215 g/mol. The minimum atomic E-state index is 0.0413. The lowest BCUT2D eigenvalue weighted by Crippen LogP contribution is -2.29. The molecule has 0 unspecified atom stereocenters. The molecule has 0 saturated carbocycles. The van der Waals surface area contributed by atoms with Gasteiger partial charge >= 0.3 is 0 Å². The molecule has 92 valence electrons. The number of rotatable bonds is 9. The summed E-state index contributed by atoms with van der Waals surface area (Å²) in [6.45, 7) is 13.9. The van der Waals surface area contributed by atoms with Crippen molar-refractivity contribution in [3.05, 3.63) is 0 Å². The van der Waals surface area contributed by atoms with Crippen LogP contribution < -0.4 is 5.32 Å². The number of hydrogen-bond donors (Lipinski definition) is 1. The summed E-state index contributed by atoms with van der Waals surface area (Å²) >= 11 is 0. The molecular weight excluding hydrogens is 186 g/mol. The fraction of sp³-hybridized carbons (Fsp3) is 1.00. The fourth-order valence-electron chi connectivity index (χ4n) is 1.26. The van der Waals surface area contributed by atoms with Crippen LogP contribution in [0.2, 0.25) is 0 Å². The first-order valence-electron chi connectivity index (χ1n) is 6.32. The predicted molar refractivity (Wildman–Crippen MR) is 67.3 cm³/mol. The SMILES string of the molecule is CCC(C)(C)OCCNCCCC(C)C. The standard InChI is InChI=1S/C13H29NO/c1-6-13(4,5)15-11-10-14-9-7-8-12(2)3/h12,14H,6-11H2,1-5H3. The van der Waals surface area contributed by atoms with Gasteiger partial charge in [-0.05, 0) is 45.6 Å². The third kappa shape index (κ3) is 10.2. The van der Waals surface area contributed by atoms with Crippen molar-refractivity contribution in [2.24, 2.45) is 5.92 Å². The van der Waals surface area contributed by atoms with Crippen LogP contribution in [0.4, 0.5) is 0 Å². The summed E-state index contributed by atoms with van der Waals surface area (Å²) in [5.74, 6) is 0.821. The minimum Gasteiger partial charge on any atom is -0.374 e. The molecule has 0 amide bonds. The highest BCUT2D eigenvalue weighted by Gasteiger charge is 2.13. The van der Waals surface area contributed by atoms with E-state index in [2.05, 4.69) is 39.9 Å². The molecule has 0 bridgehead atoms. The molecule has 2 heteroatoms. The lowest BCUT2D eigenvalue weighted by Gasteiger charge is -2.23. The second-order valence-corrected chi connectivity index (χ2v) is 5.25. The lowest BCUT2D eigenvalue weighted by molar-refractivity contribution is -0.0179. The van der Waals surface area contributed by atoms with Gasteiger partial charge in [-0.15, -0.1) is 0 Å². The van der Waals surface area contributed by atoms with E-state index < -0.39 is 0 Å². The molecule has 1 N–H and O–H groups in total. The van der Waals surface area contributed by atoms with Crippen molar-refractivity contribution in [3.63, 3.8) is 0 Å². The summed E-state index contributed by atoms with van der Waals surface area (Å²) in [5.41, 5.74) is 0.0413. The summed E-state index contributed by atoms with van der Waals surface area (Å²) in [7, 11) is 0. The Bertz CT molecular complexity index is 143. The van der Waals surface area contributed by atoms with Gasteiger partial charge in [-0.2, -0.15) is 0 Å². The topological polar surface area (TPSA) is 21.3 Å².